The van der Waals surface area contributed by atoms with Crippen LogP contribution < -0.4 is 14.4 Å². The highest BCUT2D eigenvalue weighted by molar-refractivity contribution is 7.92. The molecule has 9 heteroatoms. The Hall–Kier alpha value is -3.85. The summed E-state index contributed by atoms with van der Waals surface area (Å²) in [5, 5.41) is 3.17. The van der Waals surface area contributed by atoms with Crippen LogP contribution in [-0.2, 0) is 26.0 Å². The SMILES string of the molecule is CC[C@@H](C(=O)NC1CCCCC1)N(CCc1ccccc1)C(=O)CN(c1ccc(Oc2ccccc2)cc1)S(C)(=O)=O. The fraction of sp³-hybridized carbons (Fsp3) is 0.394. The summed E-state index contributed by atoms with van der Waals surface area (Å²) in [6, 6.07) is 25.0. The van der Waals surface area contributed by atoms with Crippen molar-refractivity contribution in [3.63, 3.8) is 0 Å². The number of carbonyl (C=O) groups excluding carboxylic acids is 2. The molecular weight excluding hydrogens is 550 g/mol. The van der Waals surface area contributed by atoms with Gasteiger partial charge in [0, 0.05) is 12.6 Å². The second-order valence-electron chi connectivity index (χ2n) is 10.8. The number of para-hydroxylation sites is 1. The van der Waals surface area contributed by atoms with Gasteiger partial charge in [-0.25, -0.2) is 8.42 Å². The van der Waals surface area contributed by atoms with Crippen LogP contribution in [0.25, 0.3) is 0 Å². The van der Waals surface area contributed by atoms with Crippen LogP contribution >= 0.6 is 0 Å². The van der Waals surface area contributed by atoms with Crippen LogP contribution in [0.15, 0.2) is 84.9 Å². The number of nitrogens with one attached hydrogen (secondary N) is 1. The van der Waals surface area contributed by atoms with Gasteiger partial charge in [-0.1, -0.05) is 74.7 Å². The lowest BCUT2D eigenvalue weighted by molar-refractivity contribution is -0.140. The number of benzene rings is 3. The Morgan fingerprint density at radius 1 is 0.881 bits per heavy atom. The van der Waals surface area contributed by atoms with Gasteiger partial charge in [0.2, 0.25) is 21.8 Å². The first kappa shape index (κ1) is 31.1. The Labute approximate surface area is 249 Å². The maximum atomic E-state index is 13.9. The van der Waals surface area contributed by atoms with Gasteiger partial charge in [0.25, 0.3) is 0 Å². The van der Waals surface area contributed by atoms with Gasteiger partial charge < -0.3 is 15.0 Å². The normalized spacial score (nSPS) is 14.5. The first-order valence-corrected chi connectivity index (χ1v) is 16.5. The number of amides is 2. The number of anilines is 1. The highest BCUT2D eigenvalue weighted by atomic mass is 32.2. The van der Waals surface area contributed by atoms with Crippen molar-refractivity contribution in [3.05, 3.63) is 90.5 Å². The monoisotopic (exact) mass is 591 g/mol. The first-order chi connectivity index (χ1) is 20.2. The van der Waals surface area contributed by atoms with Crippen LogP contribution in [0.1, 0.15) is 51.0 Å². The molecule has 3 aromatic rings. The second kappa shape index (κ2) is 14.9. The molecule has 1 atom stereocenters. The van der Waals surface area contributed by atoms with Crippen molar-refractivity contribution in [2.24, 2.45) is 0 Å². The van der Waals surface area contributed by atoms with E-state index in [0.717, 1.165) is 41.8 Å². The molecule has 0 aliphatic heterocycles. The van der Waals surface area contributed by atoms with Crippen LogP contribution in [0.4, 0.5) is 5.69 Å². The van der Waals surface area contributed by atoms with E-state index in [1.165, 1.54) is 6.42 Å². The molecule has 0 spiro atoms. The standard InChI is InChI=1S/C33H41N3O5S/c1-3-31(33(38)34-27-15-9-5-10-16-27)35(24-23-26-13-7-4-8-14-26)32(37)25-36(42(2,39)40)28-19-21-30(22-20-28)41-29-17-11-6-12-18-29/h4,6-8,11-14,17-22,27,31H,3,5,9-10,15-16,23-25H2,1-2H3,(H,34,38)/t31-/m0/s1. The van der Waals surface area contributed by atoms with Gasteiger partial charge in [-0.05, 0) is 67.6 Å². The minimum atomic E-state index is -3.82. The molecule has 1 N–H and O–H groups in total. The molecule has 4 rings (SSSR count). The predicted octanol–water partition coefficient (Wildman–Crippen LogP) is 5.54. The van der Waals surface area contributed by atoms with E-state index in [2.05, 4.69) is 5.32 Å². The fourth-order valence-electron chi connectivity index (χ4n) is 5.36. The third-order valence-electron chi connectivity index (χ3n) is 7.60. The van der Waals surface area contributed by atoms with E-state index in [1.54, 1.807) is 29.2 Å². The Morgan fingerprint density at radius 2 is 1.48 bits per heavy atom. The van der Waals surface area contributed by atoms with E-state index in [-0.39, 0.29) is 11.9 Å². The van der Waals surface area contributed by atoms with Crippen molar-refractivity contribution < 1.29 is 22.7 Å². The van der Waals surface area contributed by atoms with Crippen LogP contribution in [0.3, 0.4) is 0 Å². The molecular formula is C33H41N3O5S. The van der Waals surface area contributed by atoms with E-state index >= 15 is 0 Å². The molecule has 0 aromatic heterocycles. The zero-order valence-electron chi connectivity index (χ0n) is 24.4. The van der Waals surface area contributed by atoms with E-state index < -0.39 is 28.5 Å². The summed E-state index contributed by atoms with van der Waals surface area (Å²) in [6.45, 7) is 1.76. The number of carbonyl (C=O) groups is 2. The Bertz CT molecular complexity index is 1390. The fourth-order valence-corrected chi connectivity index (χ4v) is 6.21. The van der Waals surface area contributed by atoms with Gasteiger partial charge in [0.1, 0.15) is 24.1 Å². The number of hydrogen-bond acceptors (Lipinski definition) is 5. The molecule has 42 heavy (non-hydrogen) atoms. The average Bonchev–Trinajstić information content (AvgIpc) is 2.99. The maximum absolute atomic E-state index is 13.9. The van der Waals surface area contributed by atoms with Crippen LogP contribution in [0, 0.1) is 0 Å². The number of hydrogen-bond donors (Lipinski definition) is 1. The molecule has 224 valence electrons. The summed E-state index contributed by atoms with van der Waals surface area (Å²) in [4.78, 5) is 29.0. The maximum Gasteiger partial charge on any atom is 0.244 e. The van der Waals surface area contributed by atoms with Gasteiger partial charge in [-0.3, -0.25) is 13.9 Å². The smallest absolute Gasteiger partial charge is 0.244 e. The zero-order chi connectivity index (χ0) is 30.0. The number of ether oxygens (including phenoxy) is 1. The Morgan fingerprint density at radius 3 is 2.07 bits per heavy atom. The number of nitrogens with zero attached hydrogens (tertiary/aromatic N) is 2. The van der Waals surface area contributed by atoms with Gasteiger partial charge in [-0.15, -0.1) is 0 Å². The third-order valence-corrected chi connectivity index (χ3v) is 8.75. The topological polar surface area (TPSA) is 96.0 Å². The van der Waals surface area contributed by atoms with Gasteiger partial charge >= 0.3 is 0 Å². The third kappa shape index (κ3) is 8.82. The molecule has 0 unspecified atom stereocenters. The van der Waals surface area contributed by atoms with Crippen LogP contribution in [-0.4, -0.2) is 56.6 Å². The van der Waals surface area contributed by atoms with Gasteiger partial charge in [0.05, 0.1) is 11.9 Å². The molecule has 1 fully saturated rings. The van der Waals surface area contributed by atoms with E-state index in [1.807, 2.05) is 67.6 Å². The average molecular weight is 592 g/mol. The minimum absolute atomic E-state index is 0.107. The second-order valence-corrected chi connectivity index (χ2v) is 12.7. The summed E-state index contributed by atoms with van der Waals surface area (Å²) in [6.07, 6.45) is 7.25. The zero-order valence-corrected chi connectivity index (χ0v) is 25.3. The largest absolute Gasteiger partial charge is 0.457 e. The van der Waals surface area contributed by atoms with Crippen LogP contribution in [0.5, 0.6) is 11.5 Å². The van der Waals surface area contributed by atoms with Crippen molar-refractivity contribution in [2.45, 2.75) is 64.0 Å². The van der Waals surface area contributed by atoms with Crippen molar-refractivity contribution in [1.82, 2.24) is 10.2 Å². The molecule has 1 aliphatic carbocycles. The number of rotatable bonds is 13. The first-order valence-electron chi connectivity index (χ1n) is 14.7. The van der Waals surface area contributed by atoms with Crippen molar-refractivity contribution in [1.29, 1.82) is 0 Å². The molecule has 0 saturated heterocycles. The molecule has 1 saturated carbocycles. The Kier molecular flexibility index (Phi) is 11.0. The summed E-state index contributed by atoms with van der Waals surface area (Å²) in [5.74, 6) is 0.594. The summed E-state index contributed by atoms with van der Waals surface area (Å²) < 4.78 is 32.8. The lowest BCUT2D eigenvalue weighted by Crippen LogP contribution is -2.54. The molecule has 0 radical (unpaired) electrons. The van der Waals surface area contributed by atoms with Gasteiger partial charge in [0.15, 0.2) is 0 Å². The van der Waals surface area contributed by atoms with E-state index in [4.69, 9.17) is 4.74 Å². The lowest BCUT2D eigenvalue weighted by atomic mass is 9.95. The Balaban J connectivity index is 1.54. The molecule has 3 aromatic carbocycles. The molecule has 8 nitrogen and oxygen atoms in total. The van der Waals surface area contributed by atoms with E-state index in [0.29, 0.717) is 36.6 Å². The van der Waals surface area contributed by atoms with Gasteiger partial charge in [-0.2, -0.15) is 0 Å². The summed E-state index contributed by atoms with van der Waals surface area (Å²) in [7, 11) is -3.82. The highest BCUT2D eigenvalue weighted by Crippen LogP contribution is 2.26. The van der Waals surface area contributed by atoms with Crippen molar-refractivity contribution >= 4 is 27.5 Å². The summed E-state index contributed by atoms with van der Waals surface area (Å²) >= 11 is 0. The van der Waals surface area contributed by atoms with E-state index in [9.17, 15) is 18.0 Å². The molecule has 2 amide bonds. The molecule has 0 bridgehead atoms. The van der Waals surface area contributed by atoms with Crippen LogP contribution in [0.2, 0.25) is 0 Å². The van der Waals surface area contributed by atoms with Crippen molar-refractivity contribution in [2.75, 3.05) is 23.7 Å². The quantitative estimate of drug-likeness (QED) is 0.282. The predicted molar refractivity (Wildman–Crippen MR) is 166 cm³/mol. The van der Waals surface area contributed by atoms with Crippen molar-refractivity contribution in [3.8, 4) is 11.5 Å². The minimum Gasteiger partial charge on any atom is -0.457 e. The number of sulfonamides is 1. The molecule has 0 heterocycles. The highest BCUT2D eigenvalue weighted by Gasteiger charge is 2.32. The lowest BCUT2D eigenvalue weighted by Gasteiger charge is -2.34. The molecule has 1 aliphatic rings. The summed E-state index contributed by atoms with van der Waals surface area (Å²) in [5.41, 5.74) is 1.38.